The summed E-state index contributed by atoms with van der Waals surface area (Å²) in [6.45, 7) is 3.64. The number of hydrogen-bond acceptors (Lipinski definition) is 6. The molecule has 0 saturated heterocycles. The molecular formula is C13H15N3O3. The van der Waals surface area contributed by atoms with Crippen molar-refractivity contribution in [3.8, 4) is 0 Å². The van der Waals surface area contributed by atoms with E-state index in [-0.39, 0.29) is 53.7 Å². The third kappa shape index (κ3) is 2.58. The predicted molar refractivity (Wildman–Crippen MR) is 68.5 cm³/mol. The van der Waals surface area contributed by atoms with Crippen molar-refractivity contribution in [1.29, 1.82) is 0 Å². The quantitative estimate of drug-likeness (QED) is 0.864. The molecule has 1 aromatic rings. The van der Waals surface area contributed by atoms with Gasteiger partial charge in [-0.15, -0.1) is 0 Å². The Bertz CT molecular complexity index is 552. The topological polar surface area (TPSA) is 92.5 Å². The zero-order valence-electron chi connectivity index (χ0n) is 10.8. The predicted octanol–water partition coefficient (Wildman–Crippen LogP) is 0.704. The second-order valence-corrected chi connectivity index (χ2v) is 4.75. The first kappa shape index (κ1) is 13.5. The monoisotopic (exact) mass is 261 g/mol. The highest BCUT2D eigenvalue weighted by atomic mass is 16.3. The minimum atomic E-state index is -0.384. The van der Waals surface area contributed by atoms with Crippen LogP contribution >= 0.6 is 0 Å². The molecule has 1 aliphatic rings. The van der Waals surface area contributed by atoms with E-state index in [0.717, 1.165) is 0 Å². The second kappa shape index (κ2) is 5.36. The third-order valence-electron chi connectivity index (χ3n) is 3.05. The lowest BCUT2D eigenvalue weighted by atomic mass is 9.95. The lowest BCUT2D eigenvalue weighted by Gasteiger charge is -2.18. The molecule has 0 amide bonds. The standard InChI is InChI=1S/C13H15N3O3/c1-7(2)9(6-17)16-8-5-10(18)11-12(13(8)19)15-4-3-14-11/h3-4,7,9,17H,5-6H2,1-2H3/t9-/m1/s1. The number of nitrogens with zero attached hydrogens (tertiary/aromatic N) is 3. The van der Waals surface area contributed by atoms with Gasteiger partial charge in [0.2, 0.25) is 5.78 Å². The molecule has 1 aliphatic carbocycles. The highest BCUT2D eigenvalue weighted by Gasteiger charge is 2.32. The van der Waals surface area contributed by atoms with Crippen LogP contribution in [-0.2, 0) is 0 Å². The Morgan fingerprint density at radius 2 is 1.89 bits per heavy atom. The Balaban J connectivity index is 2.40. The Kier molecular flexibility index (Phi) is 3.80. The smallest absolute Gasteiger partial charge is 0.227 e. The van der Waals surface area contributed by atoms with Crippen molar-refractivity contribution in [2.45, 2.75) is 26.3 Å². The second-order valence-electron chi connectivity index (χ2n) is 4.75. The number of fused-ring (bicyclic) bond motifs is 1. The van der Waals surface area contributed by atoms with Crippen LogP contribution in [0.1, 0.15) is 41.2 Å². The fourth-order valence-electron chi connectivity index (χ4n) is 1.87. The average Bonchev–Trinajstić information content (AvgIpc) is 2.41. The summed E-state index contributed by atoms with van der Waals surface area (Å²) in [6.07, 6.45) is 2.68. The summed E-state index contributed by atoms with van der Waals surface area (Å²) in [5.74, 6) is -0.549. The molecule has 1 aromatic heterocycles. The molecule has 1 N–H and O–H groups in total. The zero-order chi connectivity index (χ0) is 14.0. The first-order valence-electron chi connectivity index (χ1n) is 6.11. The molecule has 100 valence electrons. The largest absolute Gasteiger partial charge is 0.394 e. The SMILES string of the molecule is CC(C)[C@@H](CO)N=C1CC(=O)c2nccnc2C1=O. The van der Waals surface area contributed by atoms with Crippen LogP contribution in [0.25, 0.3) is 0 Å². The molecule has 0 saturated carbocycles. The number of Topliss-reactive ketones (excluding diaryl/α,β-unsaturated/α-hetero) is 2. The third-order valence-corrected chi connectivity index (χ3v) is 3.05. The molecule has 0 radical (unpaired) electrons. The molecule has 6 nitrogen and oxygen atoms in total. The summed E-state index contributed by atoms with van der Waals surface area (Å²) in [4.78, 5) is 36.0. The molecule has 2 rings (SSSR count). The van der Waals surface area contributed by atoms with E-state index in [1.165, 1.54) is 12.4 Å². The van der Waals surface area contributed by atoms with Crippen LogP contribution in [0.5, 0.6) is 0 Å². The van der Waals surface area contributed by atoms with Gasteiger partial charge in [-0.3, -0.25) is 14.6 Å². The van der Waals surface area contributed by atoms with Crippen LogP contribution in [-0.4, -0.2) is 45.0 Å². The van der Waals surface area contributed by atoms with E-state index in [1.54, 1.807) is 0 Å². The number of carbonyl (C=O) groups excluding carboxylic acids is 2. The molecule has 0 unspecified atom stereocenters. The van der Waals surface area contributed by atoms with Gasteiger partial charge in [0, 0.05) is 12.4 Å². The number of rotatable bonds is 3. The first-order valence-corrected chi connectivity index (χ1v) is 6.11. The Hall–Kier alpha value is -1.95. The zero-order valence-corrected chi connectivity index (χ0v) is 10.8. The van der Waals surface area contributed by atoms with Gasteiger partial charge in [0.15, 0.2) is 5.78 Å². The number of aliphatic imine (C=N–C) groups is 1. The minimum absolute atomic E-state index is 0.0537. The maximum Gasteiger partial charge on any atom is 0.227 e. The van der Waals surface area contributed by atoms with E-state index in [0.29, 0.717) is 0 Å². The van der Waals surface area contributed by atoms with Crippen molar-refractivity contribution < 1.29 is 14.7 Å². The molecule has 0 fully saturated rings. The van der Waals surface area contributed by atoms with Gasteiger partial charge in [0.1, 0.15) is 11.4 Å². The van der Waals surface area contributed by atoms with Gasteiger partial charge in [-0.2, -0.15) is 0 Å². The van der Waals surface area contributed by atoms with Crippen molar-refractivity contribution >= 4 is 17.3 Å². The highest BCUT2D eigenvalue weighted by molar-refractivity contribution is 6.52. The van der Waals surface area contributed by atoms with Crippen LogP contribution in [0.15, 0.2) is 17.4 Å². The lowest BCUT2D eigenvalue weighted by Crippen LogP contribution is -2.32. The van der Waals surface area contributed by atoms with Crippen LogP contribution in [0, 0.1) is 5.92 Å². The molecule has 1 heterocycles. The fourth-order valence-corrected chi connectivity index (χ4v) is 1.87. The van der Waals surface area contributed by atoms with Gasteiger partial charge in [-0.1, -0.05) is 13.8 Å². The van der Waals surface area contributed by atoms with Crippen molar-refractivity contribution in [3.05, 3.63) is 23.8 Å². The van der Waals surface area contributed by atoms with Gasteiger partial charge in [0.25, 0.3) is 0 Å². The van der Waals surface area contributed by atoms with Gasteiger partial charge in [-0.05, 0) is 5.92 Å². The van der Waals surface area contributed by atoms with Crippen LogP contribution < -0.4 is 0 Å². The fraction of sp³-hybridized carbons (Fsp3) is 0.462. The van der Waals surface area contributed by atoms with Gasteiger partial charge < -0.3 is 5.11 Å². The Morgan fingerprint density at radius 3 is 2.47 bits per heavy atom. The van der Waals surface area contributed by atoms with Crippen molar-refractivity contribution in [1.82, 2.24) is 9.97 Å². The molecule has 0 aromatic carbocycles. The number of aliphatic hydroxyl groups is 1. The Morgan fingerprint density at radius 1 is 1.26 bits per heavy atom. The van der Waals surface area contributed by atoms with Crippen molar-refractivity contribution in [2.24, 2.45) is 10.9 Å². The number of aromatic nitrogens is 2. The van der Waals surface area contributed by atoms with Gasteiger partial charge >= 0.3 is 0 Å². The number of ketones is 2. The molecule has 6 heteroatoms. The number of aliphatic hydroxyl groups excluding tert-OH is 1. The molecule has 0 spiro atoms. The molecular weight excluding hydrogens is 246 g/mol. The van der Waals surface area contributed by atoms with Crippen molar-refractivity contribution in [2.75, 3.05) is 6.61 Å². The average molecular weight is 261 g/mol. The molecule has 1 atom stereocenters. The molecule has 0 aliphatic heterocycles. The number of hydrogen-bond donors (Lipinski definition) is 1. The van der Waals surface area contributed by atoms with Crippen molar-refractivity contribution in [3.63, 3.8) is 0 Å². The van der Waals surface area contributed by atoms with E-state index in [1.807, 2.05) is 13.8 Å². The van der Waals surface area contributed by atoms with E-state index >= 15 is 0 Å². The van der Waals surface area contributed by atoms with Gasteiger partial charge in [-0.25, -0.2) is 9.97 Å². The minimum Gasteiger partial charge on any atom is -0.394 e. The van der Waals surface area contributed by atoms with Crippen LogP contribution in [0.3, 0.4) is 0 Å². The molecule has 0 bridgehead atoms. The summed E-state index contributed by atoms with van der Waals surface area (Å²) in [5.41, 5.74) is 0.320. The van der Waals surface area contributed by atoms with Gasteiger partial charge in [0.05, 0.1) is 24.8 Å². The van der Waals surface area contributed by atoms with E-state index in [4.69, 9.17) is 0 Å². The summed E-state index contributed by atoms with van der Waals surface area (Å²) in [6, 6.07) is -0.384. The summed E-state index contributed by atoms with van der Waals surface area (Å²) in [7, 11) is 0. The normalized spacial score (nSPS) is 18.8. The maximum absolute atomic E-state index is 12.2. The maximum atomic E-state index is 12.2. The summed E-state index contributed by atoms with van der Waals surface area (Å²) < 4.78 is 0. The van der Waals surface area contributed by atoms with Crippen LogP contribution in [0.2, 0.25) is 0 Å². The lowest BCUT2D eigenvalue weighted by molar-refractivity contribution is 0.0956. The van der Waals surface area contributed by atoms with E-state index in [9.17, 15) is 14.7 Å². The van der Waals surface area contributed by atoms with Crippen LogP contribution in [0.4, 0.5) is 0 Å². The highest BCUT2D eigenvalue weighted by Crippen LogP contribution is 2.17. The number of carbonyl (C=O) groups is 2. The summed E-state index contributed by atoms with van der Waals surface area (Å²) in [5, 5.41) is 9.24. The first-order chi connectivity index (χ1) is 9.04. The van der Waals surface area contributed by atoms with E-state index < -0.39 is 0 Å². The molecule has 19 heavy (non-hydrogen) atoms. The van der Waals surface area contributed by atoms with E-state index in [2.05, 4.69) is 15.0 Å². The Labute approximate surface area is 110 Å². The summed E-state index contributed by atoms with van der Waals surface area (Å²) >= 11 is 0.